The van der Waals surface area contributed by atoms with Crippen LogP contribution in [0.2, 0.25) is 0 Å². The van der Waals surface area contributed by atoms with Crippen molar-refractivity contribution in [3.8, 4) is 0 Å². The van der Waals surface area contributed by atoms with Crippen molar-refractivity contribution in [2.45, 2.75) is 12.8 Å². The second-order valence-corrected chi connectivity index (χ2v) is 3.44. The van der Waals surface area contributed by atoms with Gasteiger partial charge in [0, 0.05) is 18.2 Å². The van der Waals surface area contributed by atoms with Gasteiger partial charge in [0.1, 0.15) is 0 Å². The average molecular weight is 255 g/mol. The number of nitrogen functional groups attached to an aromatic ring is 1. The van der Waals surface area contributed by atoms with Gasteiger partial charge >= 0.3 is 5.97 Å². The summed E-state index contributed by atoms with van der Waals surface area (Å²) in [6.45, 7) is 0. The molecule has 0 saturated heterocycles. The van der Waals surface area contributed by atoms with Crippen LogP contribution in [0.3, 0.4) is 0 Å². The zero-order chi connectivity index (χ0) is 13.9. The van der Waals surface area contributed by atoms with Crippen LogP contribution in [0.15, 0.2) is 12.1 Å². The molecular formula is C9H9N3O6. The van der Waals surface area contributed by atoms with Crippen molar-refractivity contribution in [2.75, 3.05) is 5.73 Å². The minimum Gasteiger partial charge on any atom is -0.481 e. The monoisotopic (exact) mass is 255 g/mol. The largest absolute Gasteiger partial charge is 0.481 e. The Kier molecular flexibility index (Phi) is 3.77. The van der Waals surface area contributed by atoms with Crippen LogP contribution < -0.4 is 5.73 Å². The minimum atomic E-state index is -1.14. The van der Waals surface area contributed by atoms with E-state index in [1.165, 1.54) is 0 Å². The molecule has 18 heavy (non-hydrogen) atoms. The molecule has 0 spiro atoms. The molecule has 0 aliphatic carbocycles. The summed E-state index contributed by atoms with van der Waals surface area (Å²) in [7, 11) is 0. The van der Waals surface area contributed by atoms with E-state index in [1.807, 2.05) is 0 Å². The van der Waals surface area contributed by atoms with Gasteiger partial charge in [-0.05, 0) is 6.42 Å². The molecule has 0 bridgehead atoms. The van der Waals surface area contributed by atoms with Crippen molar-refractivity contribution >= 4 is 23.0 Å². The maximum Gasteiger partial charge on any atom is 0.303 e. The first-order valence-corrected chi connectivity index (χ1v) is 4.76. The highest BCUT2D eigenvalue weighted by Gasteiger charge is 2.23. The lowest BCUT2D eigenvalue weighted by molar-refractivity contribution is -0.394. The molecule has 0 aromatic heterocycles. The van der Waals surface area contributed by atoms with E-state index in [-0.39, 0.29) is 24.1 Å². The topological polar surface area (TPSA) is 150 Å². The number of benzene rings is 1. The maximum absolute atomic E-state index is 10.8. The van der Waals surface area contributed by atoms with E-state index >= 15 is 0 Å². The molecule has 1 aromatic carbocycles. The number of carboxylic acids is 1. The number of rotatable bonds is 5. The Morgan fingerprint density at radius 3 is 2.33 bits per heavy atom. The van der Waals surface area contributed by atoms with Crippen molar-refractivity contribution in [3.63, 3.8) is 0 Å². The van der Waals surface area contributed by atoms with Gasteiger partial charge in [-0.3, -0.25) is 25.0 Å². The third kappa shape index (κ3) is 2.90. The summed E-state index contributed by atoms with van der Waals surface area (Å²) < 4.78 is 0. The molecular weight excluding hydrogens is 246 g/mol. The van der Waals surface area contributed by atoms with Gasteiger partial charge in [0.15, 0.2) is 0 Å². The molecule has 0 amide bonds. The molecule has 0 fully saturated rings. The number of carbonyl (C=O) groups is 1. The van der Waals surface area contributed by atoms with E-state index in [0.29, 0.717) is 0 Å². The Morgan fingerprint density at radius 2 is 1.89 bits per heavy atom. The molecule has 0 unspecified atom stereocenters. The van der Waals surface area contributed by atoms with Crippen LogP contribution in [0, 0.1) is 20.2 Å². The Morgan fingerprint density at radius 1 is 1.28 bits per heavy atom. The Bertz CT molecular complexity index is 527. The molecule has 0 saturated carbocycles. The molecule has 0 heterocycles. The van der Waals surface area contributed by atoms with Gasteiger partial charge in [0.25, 0.3) is 11.4 Å². The van der Waals surface area contributed by atoms with Gasteiger partial charge in [0.2, 0.25) is 0 Å². The molecule has 1 rings (SSSR count). The van der Waals surface area contributed by atoms with Crippen LogP contribution in [-0.4, -0.2) is 20.9 Å². The highest BCUT2D eigenvalue weighted by molar-refractivity contribution is 5.70. The molecule has 0 aliphatic heterocycles. The zero-order valence-corrected chi connectivity index (χ0v) is 9.03. The highest BCUT2D eigenvalue weighted by Crippen LogP contribution is 2.31. The molecule has 0 radical (unpaired) electrons. The van der Waals surface area contributed by atoms with Crippen LogP contribution in [-0.2, 0) is 11.2 Å². The first-order valence-electron chi connectivity index (χ1n) is 4.76. The van der Waals surface area contributed by atoms with Crippen LogP contribution >= 0.6 is 0 Å². The summed E-state index contributed by atoms with van der Waals surface area (Å²) >= 11 is 0. The number of non-ortho nitro benzene ring substituents is 1. The van der Waals surface area contributed by atoms with Crippen LogP contribution in [0.25, 0.3) is 0 Å². The Labute approximate surface area is 100 Å². The summed E-state index contributed by atoms with van der Waals surface area (Å²) in [4.78, 5) is 30.1. The normalized spacial score (nSPS) is 10.0. The van der Waals surface area contributed by atoms with Crippen molar-refractivity contribution in [3.05, 3.63) is 37.9 Å². The van der Waals surface area contributed by atoms with Gasteiger partial charge in [-0.25, -0.2) is 0 Å². The van der Waals surface area contributed by atoms with Gasteiger partial charge in [-0.15, -0.1) is 0 Å². The van der Waals surface area contributed by atoms with E-state index < -0.39 is 27.2 Å². The summed E-state index contributed by atoms with van der Waals surface area (Å²) in [5, 5.41) is 29.8. The molecule has 3 N–H and O–H groups in total. The SMILES string of the molecule is Nc1cc([N+](=O)[O-])cc([N+](=O)[O-])c1CCC(=O)O. The lowest BCUT2D eigenvalue weighted by atomic mass is 10.0. The van der Waals surface area contributed by atoms with Crippen molar-refractivity contribution in [1.29, 1.82) is 0 Å². The third-order valence-corrected chi connectivity index (χ3v) is 2.24. The average Bonchev–Trinajstić information content (AvgIpc) is 2.25. The number of aliphatic carboxylic acids is 1. The van der Waals surface area contributed by atoms with Crippen molar-refractivity contribution in [1.82, 2.24) is 0 Å². The number of nitro benzene ring substituents is 2. The van der Waals surface area contributed by atoms with Gasteiger partial charge < -0.3 is 10.8 Å². The summed E-state index contributed by atoms with van der Waals surface area (Å²) in [5.41, 5.74) is 4.28. The number of hydrogen-bond acceptors (Lipinski definition) is 6. The van der Waals surface area contributed by atoms with E-state index in [0.717, 1.165) is 12.1 Å². The van der Waals surface area contributed by atoms with E-state index in [1.54, 1.807) is 0 Å². The highest BCUT2D eigenvalue weighted by atomic mass is 16.6. The zero-order valence-electron chi connectivity index (χ0n) is 9.03. The minimum absolute atomic E-state index is 0.00648. The molecule has 9 nitrogen and oxygen atoms in total. The smallest absolute Gasteiger partial charge is 0.303 e. The van der Waals surface area contributed by atoms with Crippen LogP contribution in [0.4, 0.5) is 17.1 Å². The van der Waals surface area contributed by atoms with E-state index in [9.17, 15) is 25.0 Å². The van der Waals surface area contributed by atoms with Gasteiger partial charge in [-0.2, -0.15) is 0 Å². The summed E-state index contributed by atoms with van der Waals surface area (Å²) in [6.07, 6.45) is -0.502. The molecule has 0 aliphatic rings. The van der Waals surface area contributed by atoms with Crippen molar-refractivity contribution < 1.29 is 19.7 Å². The lowest BCUT2D eigenvalue weighted by Gasteiger charge is -2.05. The number of nitro groups is 2. The first kappa shape index (κ1) is 13.4. The fourth-order valence-corrected chi connectivity index (χ4v) is 1.44. The van der Waals surface area contributed by atoms with Gasteiger partial charge in [-0.1, -0.05) is 0 Å². The van der Waals surface area contributed by atoms with E-state index in [4.69, 9.17) is 10.8 Å². The third-order valence-electron chi connectivity index (χ3n) is 2.24. The lowest BCUT2D eigenvalue weighted by Crippen LogP contribution is -2.05. The maximum atomic E-state index is 10.8. The predicted octanol–water partition coefficient (Wildman–Crippen LogP) is 1.10. The number of nitrogens with two attached hydrogens (primary N) is 1. The predicted molar refractivity (Wildman–Crippen MR) is 60.1 cm³/mol. The Balaban J connectivity index is 3.27. The number of nitrogens with zero attached hydrogens (tertiary/aromatic N) is 2. The summed E-state index contributed by atoms with van der Waals surface area (Å²) in [6, 6.07) is 1.75. The molecule has 0 atom stereocenters. The fraction of sp³-hybridized carbons (Fsp3) is 0.222. The van der Waals surface area contributed by atoms with Crippen molar-refractivity contribution in [2.24, 2.45) is 0 Å². The molecule has 9 heteroatoms. The fourth-order valence-electron chi connectivity index (χ4n) is 1.44. The summed E-state index contributed by atoms with van der Waals surface area (Å²) in [5.74, 6) is -1.14. The van der Waals surface area contributed by atoms with Gasteiger partial charge in [0.05, 0.1) is 21.5 Å². The second-order valence-electron chi connectivity index (χ2n) is 3.44. The second kappa shape index (κ2) is 5.08. The van der Waals surface area contributed by atoms with E-state index in [2.05, 4.69) is 0 Å². The van der Waals surface area contributed by atoms with Crippen LogP contribution in [0.5, 0.6) is 0 Å². The first-order chi connectivity index (χ1) is 8.32. The molecule has 1 aromatic rings. The number of carboxylic acid groups (broad SMARTS) is 1. The quantitative estimate of drug-likeness (QED) is 0.454. The molecule has 96 valence electrons. The standard InChI is InChI=1S/C9H9N3O6/c10-7-3-5(11(15)16)4-8(12(17)18)6(7)1-2-9(13)14/h3-4H,1-2,10H2,(H,13,14). The Hall–Kier alpha value is -2.71. The number of anilines is 1. The number of hydrogen-bond donors (Lipinski definition) is 2. The van der Waals surface area contributed by atoms with Crippen LogP contribution in [0.1, 0.15) is 12.0 Å².